The van der Waals surface area contributed by atoms with Crippen molar-refractivity contribution in [2.45, 2.75) is 54.9 Å². The van der Waals surface area contributed by atoms with Gasteiger partial charge in [0.15, 0.2) is 0 Å². The SMILES string of the molecule is BN(C)C(=O)C(C)C(C)(C)C(C)CC(C(N)=O)C(C)(C)C. The van der Waals surface area contributed by atoms with Gasteiger partial charge in [-0.25, -0.2) is 0 Å². The summed E-state index contributed by atoms with van der Waals surface area (Å²) in [5.74, 6) is -0.201. The average Bonchev–Trinajstić information content (AvgIpc) is 2.31. The molecular weight excluding hydrogens is 263 g/mol. The van der Waals surface area contributed by atoms with Crippen LogP contribution >= 0.6 is 0 Å². The van der Waals surface area contributed by atoms with Crippen LogP contribution in [0.2, 0.25) is 0 Å². The van der Waals surface area contributed by atoms with Crippen LogP contribution in [-0.2, 0) is 9.59 Å². The monoisotopic (exact) mass is 296 g/mol. The van der Waals surface area contributed by atoms with Crippen molar-refractivity contribution in [2.24, 2.45) is 34.3 Å². The van der Waals surface area contributed by atoms with Crippen molar-refractivity contribution >= 4 is 19.8 Å². The first kappa shape index (κ1) is 20.0. The highest BCUT2D eigenvalue weighted by Crippen LogP contribution is 2.42. The molecule has 21 heavy (non-hydrogen) atoms. The van der Waals surface area contributed by atoms with Crippen molar-refractivity contribution in [3.05, 3.63) is 0 Å². The number of carbonyl (C=O) groups excluding carboxylic acids is 2. The standard InChI is InChI=1S/C16H33BN2O2/c1-10(9-12(13(18)20)15(3,4)5)16(6,7)11(2)14(21)19(8)17/h10-12H,9,17H2,1-8H3,(H2,18,20). The van der Waals surface area contributed by atoms with E-state index in [2.05, 4.69) is 20.8 Å². The summed E-state index contributed by atoms with van der Waals surface area (Å²) in [5.41, 5.74) is 5.23. The van der Waals surface area contributed by atoms with E-state index in [-0.39, 0.29) is 40.4 Å². The summed E-state index contributed by atoms with van der Waals surface area (Å²) < 4.78 is 0. The summed E-state index contributed by atoms with van der Waals surface area (Å²) in [6, 6.07) is 0. The van der Waals surface area contributed by atoms with Gasteiger partial charge in [0.05, 0.1) is 0 Å². The lowest BCUT2D eigenvalue weighted by Gasteiger charge is -2.41. The highest BCUT2D eigenvalue weighted by molar-refractivity contribution is 6.14. The molecule has 0 aromatic carbocycles. The molecule has 0 heterocycles. The molecule has 2 N–H and O–H groups in total. The zero-order chi connectivity index (χ0) is 17.2. The second-order valence-electron chi connectivity index (χ2n) is 8.23. The van der Waals surface area contributed by atoms with Crippen LogP contribution in [0.5, 0.6) is 0 Å². The molecule has 0 aliphatic rings. The predicted molar refractivity (Wildman–Crippen MR) is 90.2 cm³/mol. The molecule has 0 aromatic rings. The fourth-order valence-corrected chi connectivity index (χ4v) is 2.69. The normalized spacial score (nSPS) is 17.0. The summed E-state index contributed by atoms with van der Waals surface area (Å²) in [5, 5.41) is 0. The minimum atomic E-state index is -0.253. The van der Waals surface area contributed by atoms with Crippen LogP contribution in [0, 0.1) is 28.6 Å². The van der Waals surface area contributed by atoms with E-state index in [1.807, 2.05) is 27.7 Å². The van der Waals surface area contributed by atoms with Gasteiger partial charge in [0.1, 0.15) is 0 Å². The Labute approximate surface area is 131 Å². The molecule has 0 saturated carbocycles. The van der Waals surface area contributed by atoms with Gasteiger partial charge in [-0.1, -0.05) is 48.5 Å². The molecule has 0 aliphatic heterocycles. The topological polar surface area (TPSA) is 63.4 Å². The van der Waals surface area contributed by atoms with Crippen molar-refractivity contribution < 1.29 is 9.59 Å². The van der Waals surface area contributed by atoms with E-state index in [4.69, 9.17) is 5.73 Å². The Bertz CT molecular complexity index is 386. The summed E-state index contributed by atoms with van der Waals surface area (Å²) in [6.45, 7) is 14.4. The van der Waals surface area contributed by atoms with Gasteiger partial charge in [0.2, 0.25) is 19.8 Å². The average molecular weight is 296 g/mol. The highest BCUT2D eigenvalue weighted by atomic mass is 16.2. The molecule has 0 bridgehead atoms. The molecule has 0 rings (SSSR count). The van der Waals surface area contributed by atoms with Crippen molar-refractivity contribution in [2.75, 3.05) is 7.05 Å². The molecule has 0 aromatic heterocycles. The Balaban J connectivity index is 5.18. The molecule has 0 radical (unpaired) electrons. The molecule has 0 fully saturated rings. The van der Waals surface area contributed by atoms with E-state index in [0.29, 0.717) is 6.42 Å². The van der Waals surface area contributed by atoms with Crippen LogP contribution in [0.15, 0.2) is 0 Å². The zero-order valence-corrected chi connectivity index (χ0v) is 15.3. The van der Waals surface area contributed by atoms with Gasteiger partial charge < -0.3 is 10.5 Å². The molecule has 0 aliphatic carbocycles. The maximum Gasteiger partial charge on any atom is 0.221 e. The second kappa shape index (κ2) is 6.84. The van der Waals surface area contributed by atoms with E-state index in [0.717, 1.165) is 0 Å². The minimum Gasteiger partial charge on any atom is -0.396 e. The van der Waals surface area contributed by atoms with Gasteiger partial charge in [0.25, 0.3) is 0 Å². The summed E-state index contributed by atoms with van der Waals surface area (Å²) >= 11 is 0. The van der Waals surface area contributed by atoms with Crippen molar-refractivity contribution in [1.82, 2.24) is 4.81 Å². The Morgan fingerprint density at radius 1 is 1.14 bits per heavy atom. The molecule has 5 heteroatoms. The van der Waals surface area contributed by atoms with Gasteiger partial charge in [-0.15, -0.1) is 0 Å². The summed E-state index contributed by atoms with van der Waals surface area (Å²) in [6.07, 6.45) is 0.705. The number of amides is 2. The summed E-state index contributed by atoms with van der Waals surface area (Å²) in [4.78, 5) is 25.6. The molecule has 122 valence electrons. The van der Waals surface area contributed by atoms with Gasteiger partial charge in [-0.2, -0.15) is 0 Å². The third-order valence-corrected chi connectivity index (χ3v) is 5.18. The Morgan fingerprint density at radius 2 is 1.57 bits per heavy atom. The number of primary amides is 1. The molecule has 0 spiro atoms. The molecule has 4 nitrogen and oxygen atoms in total. The van der Waals surface area contributed by atoms with Gasteiger partial charge in [0, 0.05) is 11.8 Å². The van der Waals surface area contributed by atoms with Crippen molar-refractivity contribution in [3.63, 3.8) is 0 Å². The van der Waals surface area contributed by atoms with Gasteiger partial charge in [-0.3, -0.25) is 9.59 Å². The molecule has 3 unspecified atom stereocenters. The van der Waals surface area contributed by atoms with Crippen LogP contribution in [0.4, 0.5) is 0 Å². The largest absolute Gasteiger partial charge is 0.396 e. The minimum absolute atomic E-state index is 0.101. The Kier molecular flexibility index (Phi) is 6.52. The Morgan fingerprint density at radius 3 is 1.86 bits per heavy atom. The van der Waals surface area contributed by atoms with Crippen LogP contribution in [-0.4, -0.2) is 31.7 Å². The first-order chi connectivity index (χ1) is 9.22. The molecular formula is C16H33BN2O2. The number of carbonyl (C=O) groups is 2. The number of nitrogens with zero attached hydrogens (tertiary/aromatic N) is 1. The third kappa shape index (κ3) is 5.04. The molecule has 0 saturated heterocycles. The number of nitrogens with two attached hydrogens (primary N) is 1. The predicted octanol–water partition coefficient (Wildman–Crippen LogP) is 1.83. The van der Waals surface area contributed by atoms with Gasteiger partial charge in [-0.05, 0) is 30.2 Å². The van der Waals surface area contributed by atoms with E-state index in [1.54, 1.807) is 19.8 Å². The molecule has 3 atom stereocenters. The van der Waals surface area contributed by atoms with Crippen molar-refractivity contribution in [3.8, 4) is 0 Å². The van der Waals surface area contributed by atoms with Crippen molar-refractivity contribution in [1.29, 1.82) is 0 Å². The van der Waals surface area contributed by atoms with E-state index in [1.165, 1.54) is 0 Å². The van der Waals surface area contributed by atoms with E-state index < -0.39 is 0 Å². The fraction of sp³-hybridized carbons (Fsp3) is 0.875. The summed E-state index contributed by atoms with van der Waals surface area (Å²) in [7, 11) is 3.56. The quantitative estimate of drug-likeness (QED) is 0.760. The number of rotatable bonds is 6. The van der Waals surface area contributed by atoms with Crippen LogP contribution < -0.4 is 5.73 Å². The second-order valence-corrected chi connectivity index (χ2v) is 8.23. The zero-order valence-electron chi connectivity index (χ0n) is 15.3. The fourth-order valence-electron chi connectivity index (χ4n) is 2.69. The third-order valence-electron chi connectivity index (χ3n) is 5.18. The lowest BCUT2D eigenvalue weighted by Crippen LogP contribution is -2.43. The first-order valence-corrected chi connectivity index (χ1v) is 7.73. The van der Waals surface area contributed by atoms with Crippen LogP contribution in [0.25, 0.3) is 0 Å². The first-order valence-electron chi connectivity index (χ1n) is 7.73. The smallest absolute Gasteiger partial charge is 0.221 e. The maximum absolute atomic E-state index is 12.2. The number of hydrogen-bond acceptors (Lipinski definition) is 2. The molecule has 2 amide bonds. The van der Waals surface area contributed by atoms with E-state index >= 15 is 0 Å². The van der Waals surface area contributed by atoms with Gasteiger partial charge >= 0.3 is 0 Å². The maximum atomic E-state index is 12.2. The highest BCUT2D eigenvalue weighted by Gasteiger charge is 2.40. The Hall–Kier alpha value is -0.995. The van der Waals surface area contributed by atoms with Crippen LogP contribution in [0.3, 0.4) is 0 Å². The lowest BCUT2D eigenvalue weighted by molar-refractivity contribution is -0.134. The van der Waals surface area contributed by atoms with Crippen LogP contribution in [0.1, 0.15) is 54.9 Å². The van der Waals surface area contributed by atoms with E-state index in [9.17, 15) is 9.59 Å². The number of hydrogen-bond donors (Lipinski definition) is 1. The lowest BCUT2D eigenvalue weighted by atomic mass is 9.64.